The summed E-state index contributed by atoms with van der Waals surface area (Å²) in [5.74, 6) is 1.80. The van der Waals surface area contributed by atoms with Crippen LogP contribution in [0.4, 0.5) is 5.82 Å². The van der Waals surface area contributed by atoms with Crippen molar-refractivity contribution in [2.45, 2.75) is 31.7 Å². The van der Waals surface area contributed by atoms with Crippen molar-refractivity contribution in [2.24, 2.45) is 0 Å². The van der Waals surface area contributed by atoms with E-state index in [0.717, 1.165) is 18.9 Å². The zero-order valence-electron chi connectivity index (χ0n) is 14.4. The van der Waals surface area contributed by atoms with E-state index in [9.17, 15) is 0 Å². The number of piperazine rings is 1. The quantitative estimate of drug-likeness (QED) is 0.850. The van der Waals surface area contributed by atoms with Gasteiger partial charge in [-0.2, -0.15) is 5.10 Å². The third-order valence-electron chi connectivity index (χ3n) is 5.92. The van der Waals surface area contributed by atoms with Crippen LogP contribution in [0.3, 0.4) is 0 Å². The molecule has 0 unspecified atom stereocenters. The summed E-state index contributed by atoms with van der Waals surface area (Å²) in [6.07, 6.45) is 6.45. The molecule has 3 fully saturated rings. The first kappa shape index (κ1) is 14.7. The number of hydrogen-bond donors (Lipinski definition) is 0. The Morgan fingerprint density at radius 3 is 2.62 bits per heavy atom. The van der Waals surface area contributed by atoms with Gasteiger partial charge in [-0.3, -0.25) is 4.90 Å². The Morgan fingerprint density at radius 1 is 1.12 bits per heavy atom. The van der Waals surface area contributed by atoms with Crippen molar-refractivity contribution in [3.63, 3.8) is 0 Å². The maximum absolute atomic E-state index is 4.74. The normalized spacial score (nSPS) is 23.8. The molecular formula is C18H26N6. The van der Waals surface area contributed by atoms with Crippen molar-refractivity contribution in [3.05, 3.63) is 24.2 Å². The van der Waals surface area contributed by atoms with Crippen LogP contribution in [-0.2, 0) is 0 Å². The lowest BCUT2D eigenvalue weighted by molar-refractivity contribution is 0.0860. The second kappa shape index (κ2) is 5.70. The molecule has 0 N–H and O–H groups in total. The number of likely N-dealkylation sites (N-methyl/N-ethyl adjacent to an activating group) is 1. The number of anilines is 1. The first-order valence-electron chi connectivity index (χ1n) is 9.37. The molecule has 0 radical (unpaired) electrons. The van der Waals surface area contributed by atoms with E-state index >= 15 is 0 Å². The summed E-state index contributed by atoms with van der Waals surface area (Å²) < 4.78 is 2.02. The molecule has 6 nitrogen and oxygen atoms in total. The van der Waals surface area contributed by atoms with Gasteiger partial charge in [0.05, 0.1) is 5.69 Å². The molecule has 1 saturated carbocycles. The first-order chi connectivity index (χ1) is 11.8. The SMILES string of the molecule is CCN1CCN(C2CN(c3nccn4nc(C5CC5)cc34)C2)CC1. The van der Waals surface area contributed by atoms with Gasteiger partial charge >= 0.3 is 0 Å². The lowest BCUT2D eigenvalue weighted by atomic mass is 10.1. The molecule has 0 spiro atoms. The summed E-state index contributed by atoms with van der Waals surface area (Å²) >= 11 is 0. The van der Waals surface area contributed by atoms with Crippen LogP contribution >= 0.6 is 0 Å². The second-order valence-electron chi connectivity index (χ2n) is 7.45. The average Bonchev–Trinajstić information content (AvgIpc) is 3.33. The van der Waals surface area contributed by atoms with Crippen LogP contribution < -0.4 is 4.90 Å². The molecule has 2 aromatic heterocycles. The largest absolute Gasteiger partial charge is 0.352 e. The van der Waals surface area contributed by atoms with E-state index in [4.69, 9.17) is 5.10 Å². The molecule has 3 aliphatic rings. The Labute approximate surface area is 143 Å². The lowest BCUT2D eigenvalue weighted by Crippen LogP contribution is -2.63. The minimum absolute atomic E-state index is 0.691. The van der Waals surface area contributed by atoms with Crippen LogP contribution in [0.25, 0.3) is 5.52 Å². The highest BCUT2D eigenvalue weighted by molar-refractivity contribution is 5.70. The molecular weight excluding hydrogens is 300 g/mol. The van der Waals surface area contributed by atoms with Crippen LogP contribution in [0.2, 0.25) is 0 Å². The van der Waals surface area contributed by atoms with Gasteiger partial charge in [0, 0.05) is 63.6 Å². The molecule has 4 heterocycles. The molecule has 0 bridgehead atoms. The summed E-state index contributed by atoms with van der Waals surface area (Å²) in [7, 11) is 0. The lowest BCUT2D eigenvalue weighted by Gasteiger charge is -2.48. The third-order valence-corrected chi connectivity index (χ3v) is 5.92. The van der Waals surface area contributed by atoms with E-state index in [1.54, 1.807) is 0 Å². The zero-order chi connectivity index (χ0) is 16.1. The van der Waals surface area contributed by atoms with Gasteiger partial charge in [0.2, 0.25) is 0 Å². The fourth-order valence-corrected chi connectivity index (χ4v) is 4.05. The summed E-state index contributed by atoms with van der Waals surface area (Å²) in [4.78, 5) is 12.3. The van der Waals surface area contributed by atoms with Gasteiger partial charge < -0.3 is 9.80 Å². The molecule has 0 atom stereocenters. The minimum atomic E-state index is 0.691. The number of nitrogens with zero attached hydrogens (tertiary/aromatic N) is 6. The van der Waals surface area contributed by atoms with Gasteiger partial charge in [-0.1, -0.05) is 6.92 Å². The van der Waals surface area contributed by atoms with Gasteiger partial charge in [-0.25, -0.2) is 9.50 Å². The summed E-state index contributed by atoms with van der Waals surface area (Å²) in [5, 5.41) is 4.74. The minimum Gasteiger partial charge on any atom is -0.352 e. The Bertz CT molecular complexity index is 722. The fourth-order valence-electron chi connectivity index (χ4n) is 4.05. The van der Waals surface area contributed by atoms with Gasteiger partial charge in [-0.05, 0) is 25.5 Å². The number of aromatic nitrogens is 3. The highest BCUT2D eigenvalue weighted by Crippen LogP contribution is 2.40. The fraction of sp³-hybridized carbons (Fsp3) is 0.667. The van der Waals surface area contributed by atoms with Gasteiger partial charge in [0.15, 0.2) is 5.82 Å². The van der Waals surface area contributed by atoms with Crippen LogP contribution in [0.1, 0.15) is 31.4 Å². The van der Waals surface area contributed by atoms with Crippen molar-refractivity contribution < 1.29 is 0 Å². The predicted octanol–water partition coefficient (Wildman–Crippen LogP) is 1.43. The molecule has 0 aromatic carbocycles. The highest BCUT2D eigenvalue weighted by Gasteiger charge is 2.35. The molecule has 6 heteroatoms. The number of rotatable bonds is 4. The van der Waals surface area contributed by atoms with E-state index in [2.05, 4.69) is 32.7 Å². The van der Waals surface area contributed by atoms with Crippen LogP contribution in [0, 0.1) is 0 Å². The molecule has 128 valence electrons. The summed E-state index contributed by atoms with van der Waals surface area (Å²) in [5.41, 5.74) is 2.42. The highest BCUT2D eigenvalue weighted by atomic mass is 15.4. The van der Waals surface area contributed by atoms with Crippen molar-refractivity contribution in [2.75, 3.05) is 50.7 Å². The Morgan fingerprint density at radius 2 is 1.92 bits per heavy atom. The monoisotopic (exact) mass is 326 g/mol. The van der Waals surface area contributed by atoms with Crippen molar-refractivity contribution in [3.8, 4) is 0 Å². The van der Waals surface area contributed by atoms with E-state index in [-0.39, 0.29) is 0 Å². The van der Waals surface area contributed by atoms with Crippen LogP contribution in [-0.4, -0.2) is 76.3 Å². The molecule has 2 saturated heterocycles. The van der Waals surface area contributed by atoms with Crippen LogP contribution in [0.15, 0.2) is 18.5 Å². The van der Waals surface area contributed by atoms with Crippen molar-refractivity contribution in [1.29, 1.82) is 0 Å². The molecule has 1 aliphatic carbocycles. The van der Waals surface area contributed by atoms with E-state index in [1.807, 2.05) is 16.9 Å². The average molecular weight is 326 g/mol. The number of hydrogen-bond acceptors (Lipinski definition) is 5. The molecule has 5 rings (SSSR count). The number of fused-ring (bicyclic) bond motifs is 1. The van der Waals surface area contributed by atoms with Crippen molar-refractivity contribution in [1.82, 2.24) is 24.4 Å². The van der Waals surface area contributed by atoms with Gasteiger partial charge in [-0.15, -0.1) is 0 Å². The van der Waals surface area contributed by atoms with E-state index < -0.39 is 0 Å². The van der Waals surface area contributed by atoms with E-state index in [1.165, 1.54) is 56.8 Å². The second-order valence-corrected chi connectivity index (χ2v) is 7.45. The summed E-state index contributed by atoms with van der Waals surface area (Å²) in [6.45, 7) is 10.5. The topological polar surface area (TPSA) is 39.9 Å². The van der Waals surface area contributed by atoms with E-state index in [0.29, 0.717) is 12.0 Å². The molecule has 24 heavy (non-hydrogen) atoms. The third kappa shape index (κ3) is 2.48. The Kier molecular flexibility index (Phi) is 3.49. The first-order valence-corrected chi connectivity index (χ1v) is 9.37. The Hall–Kier alpha value is -1.66. The Balaban J connectivity index is 1.28. The predicted molar refractivity (Wildman–Crippen MR) is 94.7 cm³/mol. The maximum Gasteiger partial charge on any atom is 0.154 e. The zero-order valence-corrected chi connectivity index (χ0v) is 14.4. The standard InChI is InChI=1S/C18H26N6/c1-2-21-7-9-22(10-8-21)15-12-23(13-15)18-17-11-16(14-3-4-14)20-24(17)6-5-19-18/h5-6,11,14-15H,2-4,7-10,12-13H2,1H3. The van der Waals surface area contributed by atoms with Gasteiger partial charge in [0.25, 0.3) is 0 Å². The molecule has 2 aliphatic heterocycles. The van der Waals surface area contributed by atoms with Crippen LogP contribution in [0.5, 0.6) is 0 Å². The maximum atomic E-state index is 4.74. The molecule has 2 aromatic rings. The summed E-state index contributed by atoms with van der Waals surface area (Å²) in [6, 6.07) is 2.95. The van der Waals surface area contributed by atoms with Crippen molar-refractivity contribution >= 4 is 11.3 Å². The molecule has 0 amide bonds. The smallest absolute Gasteiger partial charge is 0.154 e. The van der Waals surface area contributed by atoms with Gasteiger partial charge in [0.1, 0.15) is 5.52 Å².